The number of amides is 4. The SMILES string of the molecule is Cc1nc2ccccc2c2c1O[C@]1(CC2)C[C@H]2C(=O)C[C@]3(C(=O)NS(=O)(=O)C4(C)CC4)C[C@H]3/C=C\CCCCC[C@H](NC(=O)N(C(C)C)C(C)C)C(=O)N2C1. The van der Waals surface area contributed by atoms with Crippen LogP contribution in [0.15, 0.2) is 36.4 Å². The molecule has 1 saturated heterocycles. The lowest BCUT2D eigenvalue weighted by Gasteiger charge is -2.37. The summed E-state index contributed by atoms with van der Waals surface area (Å²) in [4.78, 5) is 65.7. The number of allylic oxidation sites excluding steroid dienone is 2. The quantitative estimate of drug-likeness (QED) is 0.345. The molecule has 1 aromatic heterocycles. The van der Waals surface area contributed by atoms with E-state index in [2.05, 4.69) is 10.0 Å². The molecule has 298 valence electrons. The Kier molecular flexibility index (Phi) is 10.3. The van der Waals surface area contributed by atoms with Gasteiger partial charge in [-0.15, -0.1) is 0 Å². The Bertz CT molecular complexity index is 2020. The first-order valence-corrected chi connectivity index (χ1v) is 21.7. The number of sulfonamides is 1. The van der Waals surface area contributed by atoms with Gasteiger partial charge in [-0.3, -0.25) is 19.1 Å². The monoisotopic (exact) mass is 775 g/mol. The molecule has 3 fully saturated rings. The molecule has 1 aromatic carbocycles. The summed E-state index contributed by atoms with van der Waals surface area (Å²) in [6.45, 7) is 11.4. The number of urea groups is 1. The molecule has 5 atom stereocenters. The van der Waals surface area contributed by atoms with Crippen LogP contribution in [0.4, 0.5) is 4.79 Å². The lowest BCUT2D eigenvalue weighted by molar-refractivity contribution is -0.140. The van der Waals surface area contributed by atoms with Crippen LogP contribution in [0.5, 0.6) is 5.75 Å². The van der Waals surface area contributed by atoms with Gasteiger partial charge in [0.05, 0.1) is 34.0 Å². The fraction of sp³-hybridized carbons (Fsp3) is 0.643. The molecule has 5 aliphatic rings. The highest BCUT2D eigenvalue weighted by atomic mass is 32.2. The number of hydrogen-bond acceptors (Lipinski definition) is 8. The Morgan fingerprint density at radius 3 is 2.45 bits per heavy atom. The molecule has 4 heterocycles. The van der Waals surface area contributed by atoms with Crippen LogP contribution < -0.4 is 14.8 Å². The molecule has 2 saturated carbocycles. The van der Waals surface area contributed by atoms with Crippen molar-refractivity contribution in [3.8, 4) is 5.75 Å². The van der Waals surface area contributed by atoms with Crippen molar-refractivity contribution in [1.29, 1.82) is 0 Å². The maximum atomic E-state index is 14.9. The Balaban J connectivity index is 1.24. The summed E-state index contributed by atoms with van der Waals surface area (Å²) in [6, 6.07) is 5.60. The van der Waals surface area contributed by atoms with E-state index in [1.807, 2.05) is 71.0 Å². The minimum absolute atomic E-state index is 0.0997. The molecule has 4 amide bonds. The standard InChI is InChI=1S/C42H57N5O7S/c1-26(2)47(27(3)4)39(51)44-33-17-11-9-7-8-10-14-29-22-42(29,38(50)45-55(52,53)40(6)20-21-40)24-35(48)34-23-41(25-46(34)37(33)49)19-18-31-30-15-12-13-16-32(30)43-28(5)36(31)54-41/h10,12-16,26-27,29,33-34H,7-9,11,17-25H2,1-6H3,(H,44,51)(H,45,50)/b14-10-/t29-,33+,34+,41-,42-/m1/s1. The summed E-state index contributed by atoms with van der Waals surface area (Å²) in [7, 11) is -3.93. The van der Waals surface area contributed by atoms with E-state index in [4.69, 9.17) is 9.72 Å². The van der Waals surface area contributed by atoms with Gasteiger partial charge in [-0.2, -0.15) is 0 Å². The van der Waals surface area contributed by atoms with E-state index < -0.39 is 43.8 Å². The molecule has 12 nitrogen and oxygen atoms in total. The molecule has 55 heavy (non-hydrogen) atoms. The number of hydrogen-bond donors (Lipinski definition) is 2. The van der Waals surface area contributed by atoms with E-state index in [0.717, 1.165) is 41.4 Å². The highest BCUT2D eigenvalue weighted by Gasteiger charge is 2.63. The van der Waals surface area contributed by atoms with Crippen molar-refractivity contribution in [2.45, 2.75) is 153 Å². The second-order valence-electron chi connectivity index (χ2n) is 17.7. The number of fused-ring (bicyclic) bond motifs is 5. The number of rotatable bonds is 6. The van der Waals surface area contributed by atoms with Gasteiger partial charge in [-0.25, -0.2) is 18.2 Å². The van der Waals surface area contributed by atoms with Crippen molar-refractivity contribution < 1.29 is 32.3 Å². The lowest BCUT2D eigenvalue weighted by atomic mass is 9.85. The highest BCUT2D eigenvalue weighted by molar-refractivity contribution is 7.91. The predicted octanol–water partition coefficient (Wildman–Crippen LogP) is 5.89. The molecule has 0 radical (unpaired) electrons. The van der Waals surface area contributed by atoms with Gasteiger partial charge in [0, 0.05) is 35.9 Å². The third-order valence-electron chi connectivity index (χ3n) is 12.9. The van der Waals surface area contributed by atoms with Crippen molar-refractivity contribution in [2.24, 2.45) is 11.3 Å². The van der Waals surface area contributed by atoms with Gasteiger partial charge in [0.15, 0.2) is 5.78 Å². The molecular weight excluding hydrogens is 719 g/mol. The Labute approximate surface area is 325 Å². The van der Waals surface area contributed by atoms with Crippen molar-refractivity contribution in [3.05, 3.63) is 47.7 Å². The van der Waals surface area contributed by atoms with Crippen molar-refractivity contribution in [2.75, 3.05) is 6.54 Å². The van der Waals surface area contributed by atoms with Crippen LogP contribution in [0.1, 0.15) is 117 Å². The van der Waals surface area contributed by atoms with Gasteiger partial charge in [0.1, 0.15) is 17.4 Å². The maximum absolute atomic E-state index is 14.9. The van der Waals surface area contributed by atoms with Crippen LogP contribution in [0, 0.1) is 18.3 Å². The Morgan fingerprint density at radius 1 is 1.02 bits per heavy atom. The topological polar surface area (TPSA) is 155 Å². The van der Waals surface area contributed by atoms with E-state index >= 15 is 0 Å². The van der Waals surface area contributed by atoms with Crippen LogP contribution in [0.3, 0.4) is 0 Å². The number of ether oxygens (including phenoxy) is 1. The maximum Gasteiger partial charge on any atom is 0.318 e. The molecule has 2 aliphatic carbocycles. The Hall–Kier alpha value is -4.00. The number of nitrogens with zero attached hydrogens (tertiary/aromatic N) is 3. The summed E-state index contributed by atoms with van der Waals surface area (Å²) < 4.78 is 34.8. The lowest BCUT2D eigenvalue weighted by Crippen LogP contribution is -2.57. The second-order valence-corrected chi connectivity index (χ2v) is 19.8. The van der Waals surface area contributed by atoms with Crippen molar-refractivity contribution >= 4 is 44.6 Å². The predicted molar refractivity (Wildman–Crippen MR) is 210 cm³/mol. The number of Topliss-reactive ketones (excluding diaryl/α,β-unsaturated/α-hetero) is 1. The molecule has 0 bridgehead atoms. The molecule has 1 spiro atoms. The fourth-order valence-electron chi connectivity index (χ4n) is 9.27. The third kappa shape index (κ3) is 7.37. The zero-order valence-electron chi connectivity index (χ0n) is 33.2. The van der Waals surface area contributed by atoms with Gasteiger partial charge >= 0.3 is 6.03 Å². The molecule has 7 rings (SSSR count). The number of aromatic nitrogens is 1. The van der Waals surface area contributed by atoms with Crippen LogP contribution in [0.2, 0.25) is 0 Å². The molecule has 13 heteroatoms. The first-order chi connectivity index (χ1) is 26.0. The van der Waals surface area contributed by atoms with Crippen LogP contribution in [-0.2, 0) is 30.8 Å². The first-order valence-electron chi connectivity index (χ1n) is 20.2. The summed E-state index contributed by atoms with van der Waals surface area (Å²) in [5.74, 6) is -0.929. The van der Waals surface area contributed by atoms with E-state index in [1.54, 1.807) is 16.7 Å². The van der Waals surface area contributed by atoms with E-state index in [1.165, 1.54) is 0 Å². The minimum Gasteiger partial charge on any atom is -0.483 e. The average molecular weight is 776 g/mol. The summed E-state index contributed by atoms with van der Waals surface area (Å²) >= 11 is 0. The number of pyridine rings is 1. The average Bonchev–Trinajstić information content (AvgIpc) is 4.01. The Morgan fingerprint density at radius 2 is 1.75 bits per heavy atom. The van der Waals surface area contributed by atoms with Gasteiger partial charge in [0.25, 0.3) is 0 Å². The van der Waals surface area contributed by atoms with Crippen LogP contribution >= 0.6 is 0 Å². The minimum atomic E-state index is -3.93. The first kappa shape index (κ1) is 39.2. The zero-order valence-corrected chi connectivity index (χ0v) is 34.0. The number of nitrogens with one attached hydrogen (secondary N) is 2. The summed E-state index contributed by atoms with van der Waals surface area (Å²) in [6.07, 6.45) is 10.0. The zero-order chi connectivity index (χ0) is 39.5. The van der Waals surface area contributed by atoms with E-state index in [-0.39, 0.29) is 55.1 Å². The van der Waals surface area contributed by atoms with E-state index in [0.29, 0.717) is 50.7 Å². The normalized spacial score (nSPS) is 29.7. The smallest absolute Gasteiger partial charge is 0.318 e. The number of carbonyl (C=O) groups excluding carboxylic acids is 4. The van der Waals surface area contributed by atoms with Crippen molar-refractivity contribution in [3.63, 3.8) is 0 Å². The molecule has 2 aromatic rings. The second kappa shape index (κ2) is 14.5. The number of para-hydroxylation sites is 1. The van der Waals surface area contributed by atoms with Crippen molar-refractivity contribution in [1.82, 2.24) is 24.8 Å². The fourth-order valence-corrected chi connectivity index (χ4v) is 10.6. The third-order valence-corrected chi connectivity index (χ3v) is 15.1. The highest BCUT2D eigenvalue weighted by Crippen LogP contribution is 2.58. The van der Waals surface area contributed by atoms with E-state index in [9.17, 15) is 27.6 Å². The largest absolute Gasteiger partial charge is 0.483 e. The van der Waals surface area contributed by atoms with Gasteiger partial charge in [0.2, 0.25) is 21.8 Å². The molecular formula is C42H57N5O7S. The number of ketones is 1. The van der Waals surface area contributed by atoms with Gasteiger partial charge in [-0.05, 0) is 105 Å². The summed E-state index contributed by atoms with van der Waals surface area (Å²) in [5, 5.41) is 4.08. The molecule has 3 aliphatic heterocycles. The number of carbonyl (C=O) groups is 4. The van der Waals surface area contributed by atoms with Crippen LogP contribution in [-0.4, -0.2) is 87.9 Å². The van der Waals surface area contributed by atoms with Gasteiger partial charge < -0.3 is 19.9 Å². The number of benzene rings is 1. The van der Waals surface area contributed by atoms with Gasteiger partial charge in [-0.1, -0.05) is 43.2 Å². The molecule has 0 unspecified atom stereocenters. The number of aryl methyl sites for hydroxylation is 2. The molecule has 2 N–H and O–H groups in total. The van der Waals surface area contributed by atoms with Crippen LogP contribution in [0.25, 0.3) is 10.9 Å². The summed E-state index contributed by atoms with van der Waals surface area (Å²) in [5.41, 5.74) is 0.529.